The predicted molar refractivity (Wildman–Crippen MR) is 205 cm³/mol. The maximum atomic E-state index is 5.19. The van der Waals surface area contributed by atoms with Gasteiger partial charge in [-0.15, -0.1) is 0 Å². The highest BCUT2D eigenvalue weighted by molar-refractivity contribution is 6.25. The summed E-state index contributed by atoms with van der Waals surface area (Å²) in [6.45, 7) is 0. The van der Waals surface area contributed by atoms with Crippen LogP contribution in [0.15, 0.2) is 176 Å². The highest BCUT2D eigenvalue weighted by Gasteiger charge is 2.18. The third kappa shape index (κ3) is 4.44. The van der Waals surface area contributed by atoms with Crippen molar-refractivity contribution < 1.29 is 0 Å². The lowest BCUT2D eigenvalue weighted by Crippen LogP contribution is -2.03. The van der Waals surface area contributed by atoms with Crippen molar-refractivity contribution >= 4 is 54.1 Å². The molecule has 2 aromatic heterocycles. The fourth-order valence-corrected chi connectivity index (χ4v) is 7.50. The quantitative estimate of drug-likeness (QED) is 0.183. The Morgan fingerprint density at radius 3 is 1.31 bits per heavy atom. The molecule has 0 fully saturated rings. The van der Waals surface area contributed by atoms with Crippen LogP contribution in [0.3, 0.4) is 0 Å². The SMILES string of the molecule is c1ccc(-c2cc(-c3ccccc3)nc(-n3c4ccccc4c4cc(-c5ccc6c7ccccc7c7ccccc7c6c5)ccc43)n2)cc1. The van der Waals surface area contributed by atoms with Gasteiger partial charge in [-0.05, 0) is 73.8 Å². The molecule has 0 aliphatic carbocycles. The van der Waals surface area contributed by atoms with Gasteiger partial charge in [0.25, 0.3) is 0 Å². The molecule has 0 atom stereocenters. The molecule has 0 radical (unpaired) electrons. The minimum absolute atomic E-state index is 0.656. The van der Waals surface area contributed by atoms with Crippen LogP contribution in [-0.4, -0.2) is 14.5 Å². The van der Waals surface area contributed by atoms with Crippen molar-refractivity contribution in [1.29, 1.82) is 0 Å². The summed E-state index contributed by atoms with van der Waals surface area (Å²) in [6, 6.07) is 62.6. The molecular formula is C46H29N3. The zero-order valence-electron chi connectivity index (χ0n) is 26.6. The lowest BCUT2D eigenvalue weighted by atomic mass is 9.92. The standard InChI is InChI=1S/C46H29N3/c1-3-13-30(14-4-1)42-29-43(31-15-5-2-6-16-31)48-46(47-42)49-44-22-12-11-21-39(44)41-28-33(24-26-45(41)49)32-23-25-38-36-19-8-7-17-34(36)35-18-9-10-20-37(35)40(38)27-32/h1-29H. The van der Waals surface area contributed by atoms with E-state index in [0.717, 1.165) is 33.5 Å². The number of hydrogen-bond acceptors (Lipinski definition) is 2. The molecule has 3 nitrogen and oxygen atoms in total. The van der Waals surface area contributed by atoms with Gasteiger partial charge in [0.15, 0.2) is 0 Å². The number of fused-ring (bicyclic) bond motifs is 9. The van der Waals surface area contributed by atoms with Gasteiger partial charge >= 0.3 is 0 Å². The van der Waals surface area contributed by atoms with E-state index in [2.05, 4.69) is 168 Å². The van der Waals surface area contributed by atoms with Gasteiger partial charge in [0, 0.05) is 21.9 Å². The summed E-state index contributed by atoms with van der Waals surface area (Å²) in [5.41, 5.74) is 8.43. The summed E-state index contributed by atoms with van der Waals surface area (Å²) in [4.78, 5) is 10.4. The molecule has 0 aliphatic heterocycles. The Labute approximate surface area is 283 Å². The summed E-state index contributed by atoms with van der Waals surface area (Å²) >= 11 is 0. The third-order valence-corrected chi connectivity index (χ3v) is 9.80. The lowest BCUT2D eigenvalue weighted by molar-refractivity contribution is 0.995. The topological polar surface area (TPSA) is 30.7 Å². The van der Waals surface area contributed by atoms with E-state index in [0.29, 0.717) is 5.95 Å². The molecule has 10 rings (SSSR count). The second kappa shape index (κ2) is 11.0. The molecule has 228 valence electrons. The van der Waals surface area contributed by atoms with Crippen LogP contribution in [0.4, 0.5) is 0 Å². The second-order valence-corrected chi connectivity index (χ2v) is 12.6. The lowest BCUT2D eigenvalue weighted by Gasteiger charge is -2.13. The van der Waals surface area contributed by atoms with Crippen molar-refractivity contribution in [2.75, 3.05) is 0 Å². The van der Waals surface area contributed by atoms with Gasteiger partial charge in [-0.25, -0.2) is 9.97 Å². The van der Waals surface area contributed by atoms with Crippen molar-refractivity contribution in [1.82, 2.24) is 14.5 Å². The smallest absolute Gasteiger partial charge is 0.235 e. The van der Waals surface area contributed by atoms with Crippen LogP contribution in [0.1, 0.15) is 0 Å². The number of aromatic nitrogens is 3. The van der Waals surface area contributed by atoms with Gasteiger partial charge in [0.2, 0.25) is 5.95 Å². The Morgan fingerprint density at radius 1 is 0.286 bits per heavy atom. The number of nitrogens with zero attached hydrogens (tertiary/aromatic N) is 3. The van der Waals surface area contributed by atoms with Crippen molar-refractivity contribution in [2.24, 2.45) is 0 Å². The molecule has 0 bridgehead atoms. The van der Waals surface area contributed by atoms with Crippen molar-refractivity contribution in [3.8, 4) is 39.6 Å². The summed E-state index contributed by atoms with van der Waals surface area (Å²) in [5, 5.41) is 10.0. The molecule has 0 spiro atoms. The van der Waals surface area contributed by atoms with E-state index in [1.54, 1.807) is 0 Å². The average molecular weight is 624 g/mol. The minimum atomic E-state index is 0.656. The van der Waals surface area contributed by atoms with Crippen LogP contribution < -0.4 is 0 Å². The zero-order valence-corrected chi connectivity index (χ0v) is 26.6. The first kappa shape index (κ1) is 27.5. The van der Waals surface area contributed by atoms with Crippen LogP contribution in [0.5, 0.6) is 0 Å². The molecule has 0 N–H and O–H groups in total. The molecule has 8 aromatic carbocycles. The Kier molecular flexibility index (Phi) is 6.18. The van der Waals surface area contributed by atoms with Crippen LogP contribution in [0, 0.1) is 0 Å². The number of hydrogen-bond donors (Lipinski definition) is 0. The molecule has 0 unspecified atom stereocenters. The Hall–Kier alpha value is -6.58. The molecule has 3 heteroatoms. The first-order chi connectivity index (χ1) is 24.3. The van der Waals surface area contributed by atoms with E-state index >= 15 is 0 Å². The largest absolute Gasteiger partial charge is 0.278 e. The summed E-state index contributed by atoms with van der Waals surface area (Å²) in [6.07, 6.45) is 0. The molecule has 0 saturated carbocycles. The second-order valence-electron chi connectivity index (χ2n) is 12.6. The maximum absolute atomic E-state index is 5.19. The van der Waals surface area contributed by atoms with Crippen LogP contribution >= 0.6 is 0 Å². The van der Waals surface area contributed by atoms with E-state index < -0.39 is 0 Å². The minimum Gasteiger partial charge on any atom is -0.278 e. The van der Waals surface area contributed by atoms with Gasteiger partial charge in [-0.2, -0.15) is 0 Å². The average Bonchev–Trinajstić information content (AvgIpc) is 3.52. The Morgan fingerprint density at radius 2 is 0.714 bits per heavy atom. The normalized spacial score (nSPS) is 11.7. The van der Waals surface area contributed by atoms with Crippen LogP contribution in [0.2, 0.25) is 0 Å². The summed E-state index contributed by atoms with van der Waals surface area (Å²) < 4.78 is 2.22. The molecule has 0 saturated heterocycles. The number of rotatable bonds is 4. The van der Waals surface area contributed by atoms with Gasteiger partial charge in [0.1, 0.15) is 0 Å². The summed E-state index contributed by atoms with van der Waals surface area (Å²) in [7, 11) is 0. The van der Waals surface area contributed by atoms with Crippen molar-refractivity contribution in [3.63, 3.8) is 0 Å². The molecule has 49 heavy (non-hydrogen) atoms. The Balaban J connectivity index is 1.20. The monoisotopic (exact) mass is 623 g/mol. The third-order valence-electron chi connectivity index (χ3n) is 9.80. The van der Waals surface area contributed by atoms with Crippen LogP contribution in [-0.2, 0) is 0 Å². The summed E-state index contributed by atoms with van der Waals surface area (Å²) in [5.74, 6) is 0.656. The van der Waals surface area contributed by atoms with E-state index in [1.807, 2.05) is 12.1 Å². The number of para-hydroxylation sites is 1. The van der Waals surface area contributed by atoms with E-state index in [4.69, 9.17) is 9.97 Å². The van der Waals surface area contributed by atoms with E-state index in [1.165, 1.54) is 54.2 Å². The van der Waals surface area contributed by atoms with Crippen LogP contribution in [0.25, 0.3) is 93.7 Å². The number of benzene rings is 8. The van der Waals surface area contributed by atoms with Gasteiger partial charge < -0.3 is 0 Å². The molecule has 0 aliphatic rings. The maximum Gasteiger partial charge on any atom is 0.235 e. The highest BCUT2D eigenvalue weighted by atomic mass is 15.2. The predicted octanol–water partition coefficient (Wildman–Crippen LogP) is 12.0. The fraction of sp³-hybridized carbons (Fsp3) is 0. The molecule has 0 amide bonds. The fourth-order valence-electron chi connectivity index (χ4n) is 7.50. The van der Waals surface area contributed by atoms with Crippen molar-refractivity contribution in [2.45, 2.75) is 0 Å². The Bertz CT molecular complexity index is 2780. The molecular weight excluding hydrogens is 595 g/mol. The zero-order chi connectivity index (χ0) is 32.3. The molecule has 2 heterocycles. The first-order valence-corrected chi connectivity index (χ1v) is 16.7. The van der Waals surface area contributed by atoms with E-state index in [-0.39, 0.29) is 0 Å². The molecule has 10 aromatic rings. The van der Waals surface area contributed by atoms with Gasteiger partial charge in [-0.3, -0.25) is 4.57 Å². The van der Waals surface area contributed by atoms with Gasteiger partial charge in [0.05, 0.1) is 22.4 Å². The van der Waals surface area contributed by atoms with E-state index in [9.17, 15) is 0 Å². The van der Waals surface area contributed by atoms with Gasteiger partial charge in [-0.1, -0.05) is 146 Å². The highest BCUT2D eigenvalue weighted by Crippen LogP contribution is 2.39. The van der Waals surface area contributed by atoms with Crippen molar-refractivity contribution in [3.05, 3.63) is 176 Å². The first-order valence-electron chi connectivity index (χ1n) is 16.7.